The number of aliphatic hydroxyl groups excluding tert-OH is 1. The number of rotatable bonds is 12. The van der Waals surface area contributed by atoms with E-state index in [0.29, 0.717) is 34.2 Å². The maximum atomic E-state index is 15.9. The van der Waals surface area contributed by atoms with E-state index in [2.05, 4.69) is 14.9 Å². The number of hydrogen-bond acceptors (Lipinski definition) is 7. The quantitative estimate of drug-likeness (QED) is 0.308. The summed E-state index contributed by atoms with van der Waals surface area (Å²) in [4.78, 5) is 22.8. The molecule has 0 bridgehead atoms. The van der Waals surface area contributed by atoms with E-state index in [-0.39, 0.29) is 19.4 Å². The van der Waals surface area contributed by atoms with E-state index in [9.17, 15) is 15.0 Å². The fourth-order valence-corrected chi connectivity index (χ4v) is 6.10. The number of thioether (sulfide) groups is 1. The monoisotopic (exact) mass is 527 g/mol. The molecule has 1 atom stereocenters. The Morgan fingerprint density at radius 2 is 2.05 bits per heavy atom. The molecule has 3 heterocycles. The zero-order valence-corrected chi connectivity index (χ0v) is 21.9. The van der Waals surface area contributed by atoms with Gasteiger partial charge < -0.3 is 19.8 Å². The first kappa shape index (κ1) is 27.3. The van der Waals surface area contributed by atoms with Crippen LogP contribution < -0.4 is 4.74 Å². The zero-order chi connectivity index (χ0) is 26.3. The van der Waals surface area contributed by atoms with Crippen molar-refractivity contribution < 1.29 is 24.1 Å². The minimum absolute atomic E-state index is 0.0357. The number of benzene rings is 1. The summed E-state index contributed by atoms with van der Waals surface area (Å²) in [5.74, 6) is 0.663. The van der Waals surface area contributed by atoms with Crippen molar-refractivity contribution in [2.24, 2.45) is 5.41 Å². The maximum absolute atomic E-state index is 15.9. The number of carboxylic acid groups (broad SMARTS) is 1. The number of carboxylic acids is 1. The Morgan fingerprint density at radius 3 is 2.73 bits per heavy atom. The van der Waals surface area contributed by atoms with E-state index in [1.807, 2.05) is 18.2 Å². The number of carbonyl (C=O) groups is 1. The zero-order valence-electron chi connectivity index (χ0n) is 21.1. The van der Waals surface area contributed by atoms with Crippen LogP contribution in [0.25, 0.3) is 10.9 Å². The molecule has 9 heteroatoms. The molecule has 0 aliphatic carbocycles. The number of hydrogen-bond donors (Lipinski definition) is 2. The van der Waals surface area contributed by atoms with Gasteiger partial charge in [-0.05, 0) is 74.5 Å². The third kappa shape index (κ3) is 6.97. The van der Waals surface area contributed by atoms with Gasteiger partial charge in [0.15, 0.2) is 0 Å². The van der Waals surface area contributed by atoms with Crippen LogP contribution >= 0.6 is 11.8 Å². The van der Waals surface area contributed by atoms with E-state index in [1.54, 1.807) is 43.3 Å². The second-order valence-corrected chi connectivity index (χ2v) is 10.8. The lowest BCUT2D eigenvalue weighted by Gasteiger charge is -2.41. The highest BCUT2D eigenvalue weighted by molar-refractivity contribution is 7.99. The van der Waals surface area contributed by atoms with Crippen LogP contribution in [-0.4, -0.2) is 63.5 Å². The minimum Gasteiger partial charge on any atom is -0.497 e. The van der Waals surface area contributed by atoms with Crippen molar-refractivity contribution in [1.29, 1.82) is 0 Å². The van der Waals surface area contributed by atoms with E-state index in [4.69, 9.17) is 4.74 Å². The van der Waals surface area contributed by atoms with Crippen LogP contribution in [0.1, 0.15) is 49.4 Å². The molecule has 3 aromatic rings. The molecule has 1 fully saturated rings. The topological polar surface area (TPSA) is 95.8 Å². The average molecular weight is 528 g/mol. The average Bonchev–Trinajstić information content (AvgIpc) is 2.92. The van der Waals surface area contributed by atoms with Crippen LogP contribution in [0.3, 0.4) is 0 Å². The van der Waals surface area contributed by atoms with Crippen molar-refractivity contribution >= 4 is 28.6 Å². The van der Waals surface area contributed by atoms with Crippen molar-refractivity contribution in [2.45, 2.75) is 49.9 Å². The summed E-state index contributed by atoms with van der Waals surface area (Å²) in [6.07, 6.45) is 4.09. The summed E-state index contributed by atoms with van der Waals surface area (Å²) >= 11 is 1.71. The number of likely N-dealkylation sites (tertiary alicyclic amines) is 1. The fraction of sp³-hybridized carbons (Fsp3) is 0.464. The van der Waals surface area contributed by atoms with Gasteiger partial charge in [-0.15, -0.1) is 11.8 Å². The third-order valence-corrected chi connectivity index (χ3v) is 8.27. The Bertz CT molecular complexity index is 1180. The van der Waals surface area contributed by atoms with Crippen molar-refractivity contribution in [3.63, 3.8) is 0 Å². The molecule has 2 N–H and O–H groups in total. The normalized spacial score (nSPS) is 16.5. The first-order valence-electron chi connectivity index (χ1n) is 12.6. The molecule has 1 aliphatic heterocycles. The van der Waals surface area contributed by atoms with Crippen LogP contribution in [0.5, 0.6) is 5.75 Å². The molecule has 0 amide bonds. The lowest BCUT2D eigenvalue weighted by atomic mass is 9.71. The summed E-state index contributed by atoms with van der Waals surface area (Å²) < 4.78 is 21.2. The second-order valence-electron chi connectivity index (χ2n) is 9.67. The van der Waals surface area contributed by atoms with Crippen LogP contribution in [0.2, 0.25) is 0 Å². The van der Waals surface area contributed by atoms with Gasteiger partial charge in [-0.2, -0.15) is 0 Å². The third-order valence-electron chi connectivity index (χ3n) is 7.35. The highest BCUT2D eigenvalue weighted by Crippen LogP contribution is 2.43. The van der Waals surface area contributed by atoms with Crippen molar-refractivity contribution in [1.82, 2.24) is 14.9 Å². The van der Waals surface area contributed by atoms with Crippen LogP contribution in [0, 0.1) is 5.41 Å². The number of piperidine rings is 1. The van der Waals surface area contributed by atoms with Gasteiger partial charge in [-0.25, -0.2) is 9.37 Å². The van der Waals surface area contributed by atoms with Gasteiger partial charge >= 0.3 is 5.97 Å². The number of ether oxygens (including phenoxy) is 1. The second kappa shape index (κ2) is 12.7. The van der Waals surface area contributed by atoms with Crippen LogP contribution in [-0.2, 0) is 11.4 Å². The Balaban J connectivity index is 1.42. The number of fused-ring (bicyclic) bond motifs is 1. The number of nitrogens with zero attached hydrogens (tertiary/aromatic N) is 3. The molecule has 1 saturated heterocycles. The van der Waals surface area contributed by atoms with Crippen LogP contribution in [0.4, 0.5) is 4.39 Å². The number of methoxy groups -OCH3 is 1. The first-order valence-corrected chi connectivity index (χ1v) is 13.6. The molecule has 198 valence electrons. The van der Waals surface area contributed by atoms with Crippen molar-refractivity contribution in [3.05, 3.63) is 59.9 Å². The van der Waals surface area contributed by atoms with Gasteiger partial charge in [0, 0.05) is 41.2 Å². The van der Waals surface area contributed by atoms with Gasteiger partial charge in [0.2, 0.25) is 0 Å². The number of alkyl halides is 1. The molecule has 2 aromatic heterocycles. The molecule has 37 heavy (non-hydrogen) atoms. The number of aromatic nitrogens is 2. The Kier molecular flexibility index (Phi) is 9.34. The maximum Gasteiger partial charge on any atom is 0.303 e. The first-order chi connectivity index (χ1) is 17.9. The molecule has 4 rings (SSSR count). The smallest absolute Gasteiger partial charge is 0.303 e. The van der Waals surface area contributed by atoms with Gasteiger partial charge in [0.25, 0.3) is 0 Å². The van der Waals surface area contributed by atoms with E-state index in [1.165, 1.54) is 6.20 Å². The van der Waals surface area contributed by atoms with E-state index in [0.717, 1.165) is 43.3 Å². The highest BCUT2D eigenvalue weighted by atomic mass is 32.2. The molecule has 7 nitrogen and oxygen atoms in total. The van der Waals surface area contributed by atoms with Crippen LogP contribution in [0.15, 0.2) is 53.8 Å². The summed E-state index contributed by atoms with van der Waals surface area (Å²) in [7, 11) is 1.55. The predicted octanol–water partition coefficient (Wildman–Crippen LogP) is 5.27. The number of halogens is 1. The Morgan fingerprint density at radius 1 is 1.24 bits per heavy atom. The number of aliphatic hydroxyl groups is 1. The summed E-state index contributed by atoms with van der Waals surface area (Å²) in [6, 6.07) is 11.2. The molecule has 0 spiro atoms. The highest BCUT2D eigenvalue weighted by Gasteiger charge is 2.37. The van der Waals surface area contributed by atoms with Gasteiger partial charge in [0.05, 0.1) is 30.7 Å². The van der Waals surface area contributed by atoms with Crippen molar-refractivity contribution in [2.75, 3.05) is 32.5 Å². The largest absolute Gasteiger partial charge is 0.497 e. The van der Waals surface area contributed by atoms with E-state index < -0.39 is 17.6 Å². The fourth-order valence-electron chi connectivity index (χ4n) is 5.23. The number of aliphatic carboxylic acids is 1. The lowest BCUT2D eigenvalue weighted by Crippen LogP contribution is -2.42. The summed E-state index contributed by atoms with van der Waals surface area (Å²) in [5.41, 5.74) is 1.05. The van der Waals surface area contributed by atoms with Gasteiger partial charge in [-0.3, -0.25) is 9.78 Å². The minimum atomic E-state index is -1.35. The van der Waals surface area contributed by atoms with Crippen molar-refractivity contribution in [3.8, 4) is 5.75 Å². The van der Waals surface area contributed by atoms with E-state index >= 15 is 4.39 Å². The molecule has 0 saturated carbocycles. The number of pyridine rings is 2. The van der Waals surface area contributed by atoms with Gasteiger partial charge in [0.1, 0.15) is 11.9 Å². The Hall–Kier alpha value is -2.75. The molecule has 1 aliphatic rings. The molecule has 0 radical (unpaired) electrons. The molecular formula is C28H34FN3O4S. The summed E-state index contributed by atoms with van der Waals surface area (Å²) in [6.45, 7) is 2.18. The SMILES string of the molecule is COc1ccc2ncc(CO)c([C@@H](F)CCC3(CC(=O)O)CCN(CCSc4ccccn4)CC3)c2c1. The summed E-state index contributed by atoms with van der Waals surface area (Å²) in [5, 5.41) is 21.2. The standard InChI is InChI=1S/C28H34FN3O4S/c1-36-21-5-6-24-22(16-21)27(20(19-33)18-31-24)23(29)7-8-28(17-26(34)35)9-12-32(13-10-28)14-15-37-25-4-2-3-11-30-25/h2-6,11,16,18,23,33H,7-10,12-15,17,19H2,1H3,(H,34,35)/t23-/m0/s1. The molecule has 1 aromatic carbocycles. The molecular weight excluding hydrogens is 493 g/mol. The molecule has 0 unspecified atom stereocenters. The Labute approximate surface area is 221 Å². The van der Waals surface area contributed by atoms with Gasteiger partial charge in [-0.1, -0.05) is 6.07 Å². The predicted molar refractivity (Wildman–Crippen MR) is 143 cm³/mol. The lowest BCUT2D eigenvalue weighted by molar-refractivity contribution is -0.141.